The lowest BCUT2D eigenvalue weighted by molar-refractivity contribution is -0.131. The minimum Gasteiger partial charge on any atom is -0.388 e. The smallest absolute Gasteiger partial charge is 0.109 e. The molecule has 0 aromatic heterocycles. The van der Waals surface area contributed by atoms with Crippen LogP contribution in [0, 0.1) is 22.7 Å². The highest BCUT2D eigenvalue weighted by atomic mass is 16.5. The van der Waals surface area contributed by atoms with Crippen molar-refractivity contribution < 1.29 is 9.84 Å². The first-order chi connectivity index (χ1) is 6.46. The Balaban J connectivity index is 2.94. The fourth-order valence-electron chi connectivity index (χ4n) is 1.95. The Kier molecular flexibility index (Phi) is 3.18. The molecular formula is C11H19NO2. The molecule has 3 heteroatoms. The largest absolute Gasteiger partial charge is 0.388 e. The van der Waals surface area contributed by atoms with E-state index >= 15 is 0 Å². The Morgan fingerprint density at radius 1 is 1.57 bits per heavy atom. The number of nitrogens with zero attached hydrogens (tertiary/aromatic N) is 1. The van der Waals surface area contributed by atoms with Crippen molar-refractivity contribution in [2.24, 2.45) is 11.3 Å². The minimum atomic E-state index is -0.970. The van der Waals surface area contributed by atoms with Crippen LogP contribution < -0.4 is 0 Å². The first kappa shape index (κ1) is 11.5. The van der Waals surface area contributed by atoms with Gasteiger partial charge in [0.25, 0.3) is 0 Å². The molecule has 3 nitrogen and oxygen atoms in total. The standard InChI is InChI=1S/C11H19NO2/c1-9(2)10(3,13)11(7-12)5-4-6-14-8-11/h9,13H,4-6,8H2,1-3H3. The minimum absolute atomic E-state index is 0.0591. The first-order valence-corrected chi connectivity index (χ1v) is 5.18. The van der Waals surface area contributed by atoms with Crippen LogP contribution in [0.1, 0.15) is 33.6 Å². The van der Waals surface area contributed by atoms with Crippen LogP contribution in [0.25, 0.3) is 0 Å². The van der Waals surface area contributed by atoms with E-state index in [1.807, 2.05) is 13.8 Å². The van der Waals surface area contributed by atoms with Crippen LogP contribution in [0.5, 0.6) is 0 Å². The van der Waals surface area contributed by atoms with Crippen LogP contribution in [-0.4, -0.2) is 23.9 Å². The first-order valence-electron chi connectivity index (χ1n) is 5.18. The Morgan fingerprint density at radius 3 is 2.57 bits per heavy atom. The lowest BCUT2D eigenvalue weighted by atomic mass is 9.65. The van der Waals surface area contributed by atoms with Gasteiger partial charge in [-0.2, -0.15) is 5.26 Å². The average Bonchev–Trinajstić information content (AvgIpc) is 2.18. The van der Waals surface area contributed by atoms with Gasteiger partial charge in [-0.1, -0.05) is 13.8 Å². The highest BCUT2D eigenvalue weighted by Gasteiger charge is 2.50. The maximum atomic E-state index is 10.4. The number of aliphatic hydroxyl groups is 1. The van der Waals surface area contributed by atoms with Gasteiger partial charge in [0.05, 0.1) is 18.3 Å². The third-order valence-electron chi connectivity index (χ3n) is 3.55. The summed E-state index contributed by atoms with van der Waals surface area (Å²) < 4.78 is 5.33. The summed E-state index contributed by atoms with van der Waals surface area (Å²) in [6.45, 7) is 6.68. The Hall–Kier alpha value is -0.590. The summed E-state index contributed by atoms with van der Waals surface area (Å²) in [5.74, 6) is 0.0591. The second-order valence-corrected chi connectivity index (χ2v) is 4.65. The van der Waals surface area contributed by atoms with Crippen LogP contribution in [0.3, 0.4) is 0 Å². The van der Waals surface area contributed by atoms with Crippen molar-refractivity contribution in [1.82, 2.24) is 0 Å². The number of hydrogen-bond acceptors (Lipinski definition) is 3. The molecule has 0 bridgehead atoms. The summed E-state index contributed by atoms with van der Waals surface area (Å²) in [5.41, 5.74) is -1.69. The van der Waals surface area contributed by atoms with Gasteiger partial charge in [0.1, 0.15) is 5.41 Å². The molecule has 1 N–H and O–H groups in total. The molecule has 1 rings (SSSR count). The predicted octanol–water partition coefficient (Wildman–Crippen LogP) is 1.71. The average molecular weight is 197 g/mol. The summed E-state index contributed by atoms with van der Waals surface area (Å²) in [5, 5.41) is 19.6. The highest BCUT2D eigenvalue weighted by molar-refractivity contribution is 5.11. The van der Waals surface area contributed by atoms with Crippen molar-refractivity contribution in [3.8, 4) is 6.07 Å². The second-order valence-electron chi connectivity index (χ2n) is 4.65. The van der Waals surface area contributed by atoms with Gasteiger partial charge in [-0.05, 0) is 25.7 Å². The van der Waals surface area contributed by atoms with Crippen LogP contribution in [0.2, 0.25) is 0 Å². The van der Waals surface area contributed by atoms with Crippen LogP contribution in [0.4, 0.5) is 0 Å². The van der Waals surface area contributed by atoms with E-state index in [-0.39, 0.29) is 5.92 Å². The zero-order valence-electron chi connectivity index (χ0n) is 9.21. The molecule has 2 unspecified atom stereocenters. The Labute approximate surface area is 85.7 Å². The maximum absolute atomic E-state index is 10.4. The zero-order valence-corrected chi connectivity index (χ0v) is 9.21. The van der Waals surface area contributed by atoms with Gasteiger partial charge in [0.2, 0.25) is 0 Å². The summed E-state index contributed by atoms with van der Waals surface area (Å²) in [7, 11) is 0. The van der Waals surface area contributed by atoms with Gasteiger partial charge < -0.3 is 9.84 Å². The van der Waals surface area contributed by atoms with E-state index in [1.165, 1.54) is 0 Å². The molecule has 0 aromatic carbocycles. The Morgan fingerprint density at radius 2 is 2.21 bits per heavy atom. The number of hydrogen-bond donors (Lipinski definition) is 1. The lowest BCUT2D eigenvalue weighted by Crippen LogP contribution is -2.53. The van der Waals surface area contributed by atoms with E-state index in [1.54, 1.807) is 6.92 Å². The van der Waals surface area contributed by atoms with Crippen molar-refractivity contribution in [2.45, 2.75) is 39.2 Å². The molecule has 1 aliphatic rings. The van der Waals surface area contributed by atoms with E-state index in [0.29, 0.717) is 13.2 Å². The van der Waals surface area contributed by atoms with Crippen molar-refractivity contribution in [3.63, 3.8) is 0 Å². The number of nitriles is 1. The van der Waals surface area contributed by atoms with E-state index in [9.17, 15) is 10.4 Å². The van der Waals surface area contributed by atoms with Crippen molar-refractivity contribution in [2.75, 3.05) is 13.2 Å². The SMILES string of the molecule is CC(C)C(C)(O)C1(C#N)CCCOC1. The Bertz CT molecular complexity index is 234. The molecule has 14 heavy (non-hydrogen) atoms. The summed E-state index contributed by atoms with van der Waals surface area (Å²) in [6.07, 6.45) is 1.59. The third kappa shape index (κ3) is 1.65. The van der Waals surface area contributed by atoms with Crippen molar-refractivity contribution in [3.05, 3.63) is 0 Å². The molecule has 1 fully saturated rings. The molecule has 0 radical (unpaired) electrons. The van der Waals surface area contributed by atoms with E-state index in [0.717, 1.165) is 12.8 Å². The lowest BCUT2D eigenvalue weighted by Gasteiger charge is -2.44. The third-order valence-corrected chi connectivity index (χ3v) is 3.55. The number of ether oxygens (including phenoxy) is 1. The van der Waals surface area contributed by atoms with Gasteiger partial charge >= 0.3 is 0 Å². The molecule has 1 aliphatic heterocycles. The fraction of sp³-hybridized carbons (Fsp3) is 0.909. The molecule has 2 atom stereocenters. The van der Waals surface area contributed by atoms with Gasteiger partial charge in [0, 0.05) is 6.61 Å². The predicted molar refractivity (Wildman–Crippen MR) is 53.6 cm³/mol. The topological polar surface area (TPSA) is 53.2 Å². The summed E-state index contributed by atoms with van der Waals surface area (Å²) >= 11 is 0. The molecule has 0 aliphatic carbocycles. The zero-order chi connectivity index (χ0) is 10.8. The quantitative estimate of drug-likeness (QED) is 0.733. The van der Waals surface area contributed by atoms with E-state index in [2.05, 4.69) is 6.07 Å². The van der Waals surface area contributed by atoms with Gasteiger partial charge in [-0.25, -0.2) is 0 Å². The van der Waals surface area contributed by atoms with Crippen molar-refractivity contribution >= 4 is 0 Å². The van der Waals surface area contributed by atoms with Gasteiger partial charge in [0.15, 0.2) is 0 Å². The molecule has 1 heterocycles. The van der Waals surface area contributed by atoms with Crippen LogP contribution >= 0.6 is 0 Å². The normalized spacial score (nSPS) is 32.3. The highest BCUT2D eigenvalue weighted by Crippen LogP contribution is 2.42. The molecule has 0 aromatic rings. The summed E-state index contributed by atoms with van der Waals surface area (Å²) in [4.78, 5) is 0. The molecule has 80 valence electrons. The molecule has 0 saturated carbocycles. The van der Waals surface area contributed by atoms with Crippen LogP contribution in [-0.2, 0) is 4.74 Å². The van der Waals surface area contributed by atoms with Gasteiger partial charge in [-0.3, -0.25) is 0 Å². The maximum Gasteiger partial charge on any atom is 0.109 e. The van der Waals surface area contributed by atoms with Gasteiger partial charge in [-0.15, -0.1) is 0 Å². The van der Waals surface area contributed by atoms with Crippen LogP contribution in [0.15, 0.2) is 0 Å². The molecule has 1 saturated heterocycles. The summed E-state index contributed by atoms with van der Waals surface area (Å²) in [6, 6.07) is 2.26. The molecular weight excluding hydrogens is 178 g/mol. The van der Waals surface area contributed by atoms with Crippen molar-refractivity contribution in [1.29, 1.82) is 5.26 Å². The molecule has 0 amide bonds. The number of rotatable bonds is 2. The van der Waals surface area contributed by atoms with E-state index < -0.39 is 11.0 Å². The monoisotopic (exact) mass is 197 g/mol. The fourth-order valence-corrected chi connectivity index (χ4v) is 1.95. The molecule has 0 spiro atoms. The second kappa shape index (κ2) is 3.88. The van der Waals surface area contributed by atoms with E-state index in [4.69, 9.17) is 4.74 Å².